The van der Waals surface area contributed by atoms with Gasteiger partial charge in [0.15, 0.2) is 0 Å². The average molecular weight is 269 g/mol. The summed E-state index contributed by atoms with van der Waals surface area (Å²) >= 11 is 0. The minimum absolute atomic E-state index is 0.124. The first-order valence-electron chi connectivity index (χ1n) is 5.35. The summed E-state index contributed by atoms with van der Waals surface area (Å²) in [5.74, 6) is 0.364. The van der Waals surface area contributed by atoms with Crippen LogP contribution >= 0.6 is 0 Å². The molecule has 1 aromatic heterocycles. The van der Waals surface area contributed by atoms with E-state index in [2.05, 4.69) is 4.98 Å². The van der Waals surface area contributed by atoms with Crippen molar-refractivity contribution in [3.05, 3.63) is 42.0 Å². The van der Waals surface area contributed by atoms with Gasteiger partial charge in [0.2, 0.25) is 5.89 Å². The molecule has 2 rings (SSSR count). The number of aliphatic hydroxyl groups excluding tert-OH is 1. The molecule has 96 valence electrons. The first kappa shape index (κ1) is 12.9. The molecule has 4 nitrogen and oxygen atoms in total. The Bertz CT molecular complexity index is 556. The van der Waals surface area contributed by atoms with Gasteiger partial charge in [-0.15, -0.1) is 0 Å². The van der Waals surface area contributed by atoms with E-state index < -0.39 is 10.8 Å². The van der Waals surface area contributed by atoms with Crippen LogP contribution in [0.5, 0.6) is 0 Å². The molecular formula is C12H12FNO3S. The molecule has 1 unspecified atom stereocenters. The van der Waals surface area contributed by atoms with E-state index in [0.29, 0.717) is 17.1 Å². The molecule has 0 fully saturated rings. The molecule has 0 saturated carbocycles. The third-order valence-electron chi connectivity index (χ3n) is 2.25. The number of rotatable bonds is 5. The van der Waals surface area contributed by atoms with E-state index >= 15 is 0 Å². The van der Waals surface area contributed by atoms with Gasteiger partial charge >= 0.3 is 0 Å². The molecule has 0 saturated heterocycles. The standard InChI is InChI=1S/C12H12FNO3S/c13-10-3-1-2-9(6-10)12-14-11(7-17-12)8-18(16)5-4-15/h1-3,6-7,15H,4-5,8H2. The number of hydrogen-bond acceptors (Lipinski definition) is 4. The highest BCUT2D eigenvalue weighted by Gasteiger charge is 2.09. The lowest BCUT2D eigenvalue weighted by Gasteiger charge is -1.95. The second-order valence-corrected chi connectivity index (χ2v) is 5.24. The maximum atomic E-state index is 13.0. The van der Waals surface area contributed by atoms with Crippen LogP contribution in [0.25, 0.3) is 11.5 Å². The minimum atomic E-state index is -1.17. The number of aromatic nitrogens is 1. The van der Waals surface area contributed by atoms with Crippen molar-refractivity contribution >= 4 is 10.8 Å². The molecule has 0 radical (unpaired) electrons. The van der Waals surface area contributed by atoms with Crippen LogP contribution < -0.4 is 0 Å². The van der Waals surface area contributed by atoms with Crippen molar-refractivity contribution < 1.29 is 18.1 Å². The second-order valence-electron chi connectivity index (χ2n) is 3.67. The average Bonchev–Trinajstić information content (AvgIpc) is 2.78. The largest absolute Gasteiger partial charge is 0.444 e. The summed E-state index contributed by atoms with van der Waals surface area (Å²) in [6, 6.07) is 5.91. The second kappa shape index (κ2) is 5.88. The Morgan fingerprint density at radius 2 is 2.28 bits per heavy atom. The number of nitrogens with zero attached hydrogens (tertiary/aromatic N) is 1. The molecular weight excluding hydrogens is 257 g/mol. The van der Waals surface area contributed by atoms with Crippen LogP contribution in [0.15, 0.2) is 34.9 Å². The van der Waals surface area contributed by atoms with Crippen LogP contribution in [-0.4, -0.2) is 26.7 Å². The van der Waals surface area contributed by atoms with Gasteiger partial charge in [-0.05, 0) is 18.2 Å². The topological polar surface area (TPSA) is 63.3 Å². The smallest absolute Gasteiger partial charge is 0.226 e. The van der Waals surface area contributed by atoms with Crippen LogP contribution in [0.1, 0.15) is 5.69 Å². The van der Waals surface area contributed by atoms with Gasteiger partial charge < -0.3 is 9.52 Å². The van der Waals surface area contributed by atoms with Gasteiger partial charge in [-0.1, -0.05) is 6.07 Å². The van der Waals surface area contributed by atoms with Gasteiger partial charge in [0, 0.05) is 22.1 Å². The summed E-state index contributed by atoms with van der Waals surface area (Å²) in [6.45, 7) is -0.124. The predicted octanol–water partition coefficient (Wildman–Crippen LogP) is 1.72. The molecule has 2 aromatic rings. The van der Waals surface area contributed by atoms with E-state index in [0.717, 1.165) is 0 Å². The molecule has 6 heteroatoms. The molecule has 0 spiro atoms. The van der Waals surface area contributed by atoms with E-state index in [4.69, 9.17) is 9.52 Å². The fourth-order valence-electron chi connectivity index (χ4n) is 1.47. The Hall–Kier alpha value is -1.53. The fraction of sp³-hybridized carbons (Fsp3) is 0.250. The molecule has 0 amide bonds. The highest BCUT2D eigenvalue weighted by Crippen LogP contribution is 2.19. The Morgan fingerprint density at radius 1 is 1.44 bits per heavy atom. The van der Waals surface area contributed by atoms with Crippen LogP contribution in [0.4, 0.5) is 4.39 Å². The maximum Gasteiger partial charge on any atom is 0.226 e. The Kier molecular flexibility index (Phi) is 4.22. The molecule has 1 N–H and O–H groups in total. The van der Waals surface area contributed by atoms with Crippen LogP contribution in [-0.2, 0) is 16.6 Å². The van der Waals surface area contributed by atoms with Crippen molar-refractivity contribution in [2.24, 2.45) is 0 Å². The third kappa shape index (κ3) is 3.24. The summed E-state index contributed by atoms with van der Waals surface area (Å²) in [4.78, 5) is 4.14. The monoisotopic (exact) mass is 269 g/mol. The maximum absolute atomic E-state index is 13.0. The van der Waals surface area contributed by atoms with Gasteiger partial charge in [0.25, 0.3) is 0 Å². The number of oxazole rings is 1. The first-order chi connectivity index (χ1) is 8.69. The highest BCUT2D eigenvalue weighted by atomic mass is 32.2. The quantitative estimate of drug-likeness (QED) is 0.897. The first-order valence-corrected chi connectivity index (χ1v) is 6.84. The minimum Gasteiger partial charge on any atom is -0.444 e. The third-order valence-corrected chi connectivity index (χ3v) is 3.51. The molecule has 0 aliphatic rings. The summed E-state index contributed by atoms with van der Waals surface area (Å²) in [5.41, 5.74) is 1.07. The van der Waals surface area contributed by atoms with E-state index in [1.54, 1.807) is 12.1 Å². The Balaban J connectivity index is 2.13. The van der Waals surface area contributed by atoms with Gasteiger partial charge in [-0.25, -0.2) is 9.37 Å². The lowest BCUT2D eigenvalue weighted by molar-refractivity contribution is 0.321. The van der Waals surface area contributed by atoms with Crippen molar-refractivity contribution in [2.45, 2.75) is 5.75 Å². The molecule has 18 heavy (non-hydrogen) atoms. The summed E-state index contributed by atoms with van der Waals surface area (Å²) in [5, 5.41) is 8.65. The highest BCUT2D eigenvalue weighted by molar-refractivity contribution is 7.84. The van der Waals surface area contributed by atoms with Gasteiger partial charge in [-0.3, -0.25) is 4.21 Å². The van der Waals surface area contributed by atoms with Crippen molar-refractivity contribution in [1.29, 1.82) is 0 Å². The number of aliphatic hydroxyl groups is 1. The van der Waals surface area contributed by atoms with Crippen molar-refractivity contribution in [3.63, 3.8) is 0 Å². The number of benzene rings is 1. The zero-order chi connectivity index (χ0) is 13.0. The van der Waals surface area contributed by atoms with Crippen LogP contribution in [0.3, 0.4) is 0 Å². The fourth-order valence-corrected chi connectivity index (χ4v) is 2.28. The molecule has 1 aromatic carbocycles. The molecule has 1 atom stereocenters. The van der Waals surface area contributed by atoms with Crippen molar-refractivity contribution in [3.8, 4) is 11.5 Å². The van der Waals surface area contributed by atoms with Gasteiger partial charge in [0.1, 0.15) is 12.1 Å². The normalized spacial score (nSPS) is 12.6. The van der Waals surface area contributed by atoms with Crippen LogP contribution in [0, 0.1) is 5.82 Å². The van der Waals surface area contributed by atoms with Gasteiger partial charge in [0.05, 0.1) is 18.1 Å². The Morgan fingerprint density at radius 3 is 3.00 bits per heavy atom. The number of halogens is 1. The molecule has 0 aliphatic heterocycles. The van der Waals surface area contributed by atoms with E-state index in [9.17, 15) is 8.60 Å². The van der Waals surface area contributed by atoms with E-state index in [1.807, 2.05) is 0 Å². The molecule has 0 aliphatic carbocycles. The van der Waals surface area contributed by atoms with Crippen LogP contribution in [0.2, 0.25) is 0 Å². The summed E-state index contributed by atoms with van der Waals surface area (Å²) < 4.78 is 29.7. The van der Waals surface area contributed by atoms with Gasteiger partial charge in [-0.2, -0.15) is 0 Å². The van der Waals surface area contributed by atoms with E-state index in [1.165, 1.54) is 18.4 Å². The molecule has 0 bridgehead atoms. The number of hydrogen-bond donors (Lipinski definition) is 1. The van der Waals surface area contributed by atoms with E-state index in [-0.39, 0.29) is 23.9 Å². The van der Waals surface area contributed by atoms with Crippen molar-refractivity contribution in [2.75, 3.05) is 12.4 Å². The molecule has 1 heterocycles. The predicted molar refractivity (Wildman–Crippen MR) is 65.7 cm³/mol. The lowest BCUT2D eigenvalue weighted by Crippen LogP contribution is -2.04. The zero-order valence-corrected chi connectivity index (χ0v) is 10.3. The summed E-state index contributed by atoms with van der Waals surface area (Å²) in [7, 11) is -1.17. The van der Waals surface area contributed by atoms with Crippen molar-refractivity contribution in [1.82, 2.24) is 4.98 Å². The summed E-state index contributed by atoms with van der Waals surface area (Å²) in [6.07, 6.45) is 1.40. The Labute approximate surface area is 106 Å². The zero-order valence-electron chi connectivity index (χ0n) is 9.51. The lowest BCUT2D eigenvalue weighted by atomic mass is 10.2. The SMILES string of the molecule is O=S(CCO)Cc1coc(-c2cccc(F)c2)n1.